The summed E-state index contributed by atoms with van der Waals surface area (Å²) in [5, 5.41) is 0. The number of hydrogen-bond acceptors (Lipinski definition) is 6. The van der Waals surface area contributed by atoms with Crippen LogP contribution in [0.3, 0.4) is 0 Å². The summed E-state index contributed by atoms with van der Waals surface area (Å²) in [5.41, 5.74) is 0. The lowest BCUT2D eigenvalue weighted by Crippen LogP contribution is -2.30. The molecule has 0 rings (SSSR count). The molecule has 0 radical (unpaired) electrons. The van der Waals surface area contributed by atoms with E-state index in [1.165, 1.54) is 148 Å². The normalized spacial score (nSPS) is 12.7. The minimum Gasteiger partial charge on any atom is -0.462 e. The maximum atomic E-state index is 12.8. The van der Waals surface area contributed by atoms with E-state index in [1.54, 1.807) is 0 Å². The summed E-state index contributed by atoms with van der Waals surface area (Å²) >= 11 is 0. The van der Waals surface area contributed by atoms with Gasteiger partial charge in [0.05, 0.1) is 0 Å². The van der Waals surface area contributed by atoms with Crippen molar-refractivity contribution in [2.75, 3.05) is 13.2 Å². The predicted molar refractivity (Wildman–Crippen MR) is 302 cm³/mol. The number of rotatable bonds is 53. The molecule has 0 amide bonds. The van der Waals surface area contributed by atoms with Crippen LogP contribution in [-0.4, -0.2) is 37.2 Å². The van der Waals surface area contributed by atoms with Crippen LogP contribution in [0.1, 0.15) is 284 Å². The fourth-order valence-electron chi connectivity index (χ4n) is 8.20. The standard InChI is InChI=1S/C64H110O6/c1-4-7-10-13-16-19-22-24-25-26-27-28-29-30-31-32-33-34-35-36-37-38-39-41-42-45-48-51-54-57-63(66)69-60-61(59-68-62(65)56-53-50-47-44-21-18-15-12-9-6-3)70-64(67)58-55-52-49-46-43-40-23-20-17-14-11-8-5-2/h8,11-12,15,17,20,22,24,26-27,40,43,49,52,61H,4-7,9-10,13-14,16,18-19,21,23,25,28-39,41-42,44-48,50-51,53-60H2,1-3H3/b11-8-,15-12-,20-17-,24-22-,27-26-,43-40-,52-49-. The summed E-state index contributed by atoms with van der Waals surface area (Å²) < 4.78 is 16.7. The highest BCUT2D eigenvalue weighted by Crippen LogP contribution is 2.16. The maximum Gasteiger partial charge on any atom is 0.306 e. The smallest absolute Gasteiger partial charge is 0.306 e. The Kier molecular flexibility index (Phi) is 55.3. The zero-order chi connectivity index (χ0) is 50.7. The Balaban J connectivity index is 4.16. The Morgan fingerprint density at radius 3 is 1.00 bits per heavy atom. The van der Waals surface area contributed by atoms with Crippen molar-refractivity contribution in [3.63, 3.8) is 0 Å². The van der Waals surface area contributed by atoms with Gasteiger partial charge in [-0.25, -0.2) is 0 Å². The topological polar surface area (TPSA) is 78.9 Å². The largest absolute Gasteiger partial charge is 0.462 e. The fraction of sp³-hybridized carbons (Fsp3) is 0.734. The number of allylic oxidation sites excluding steroid dienone is 14. The molecule has 402 valence electrons. The van der Waals surface area contributed by atoms with Gasteiger partial charge in [-0.05, 0) is 96.3 Å². The van der Waals surface area contributed by atoms with Crippen LogP contribution in [0.2, 0.25) is 0 Å². The van der Waals surface area contributed by atoms with Crippen molar-refractivity contribution in [2.24, 2.45) is 0 Å². The molecular formula is C64H110O6. The van der Waals surface area contributed by atoms with Crippen LogP contribution in [0, 0.1) is 0 Å². The van der Waals surface area contributed by atoms with Crippen molar-refractivity contribution in [3.05, 3.63) is 85.1 Å². The second kappa shape index (κ2) is 58.2. The van der Waals surface area contributed by atoms with E-state index >= 15 is 0 Å². The Labute approximate surface area is 433 Å². The van der Waals surface area contributed by atoms with Crippen LogP contribution in [0.25, 0.3) is 0 Å². The maximum absolute atomic E-state index is 12.8. The summed E-state index contributed by atoms with van der Waals surface area (Å²) in [7, 11) is 0. The summed E-state index contributed by atoms with van der Waals surface area (Å²) in [6.45, 7) is 6.39. The quantitative estimate of drug-likeness (QED) is 0.0261. The van der Waals surface area contributed by atoms with Crippen molar-refractivity contribution in [3.8, 4) is 0 Å². The lowest BCUT2D eigenvalue weighted by Gasteiger charge is -2.18. The molecule has 1 unspecified atom stereocenters. The fourth-order valence-corrected chi connectivity index (χ4v) is 8.20. The second-order valence-corrected chi connectivity index (χ2v) is 19.5. The molecule has 0 heterocycles. The van der Waals surface area contributed by atoms with Gasteiger partial charge in [-0.3, -0.25) is 14.4 Å². The third kappa shape index (κ3) is 55.5. The first-order valence-electron chi connectivity index (χ1n) is 29.6. The van der Waals surface area contributed by atoms with Gasteiger partial charge in [-0.2, -0.15) is 0 Å². The van der Waals surface area contributed by atoms with Crippen molar-refractivity contribution >= 4 is 17.9 Å². The molecule has 0 aliphatic heterocycles. The van der Waals surface area contributed by atoms with Gasteiger partial charge >= 0.3 is 17.9 Å². The third-order valence-electron chi connectivity index (χ3n) is 12.6. The number of hydrogen-bond donors (Lipinski definition) is 0. The highest BCUT2D eigenvalue weighted by Gasteiger charge is 2.19. The molecule has 0 aromatic rings. The van der Waals surface area contributed by atoms with Crippen LogP contribution < -0.4 is 0 Å². The van der Waals surface area contributed by atoms with Gasteiger partial charge in [0.1, 0.15) is 13.2 Å². The van der Waals surface area contributed by atoms with Gasteiger partial charge in [-0.1, -0.05) is 254 Å². The molecule has 0 N–H and O–H groups in total. The highest BCUT2D eigenvalue weighted by molar-refractivity contribution is 5.71. The molecule has 70 heavy (non-hydrogen) atoms. The number of ether oxygens (including phenoxy) is 3. The zero-order valence-corrected chi connectivity index (χ0v) is 46.0. The van der Waals surface area contributed by atoms with Gasteiger partial charge in [-0.15, -0.1) is 0 Å². The summed E-state index contributed by atoms with van der Waals surface area (Å²) in [5.74, 6) is -0.996. The van der Waals surface area contributed by atoms with E-state index in [-0.39, 0.29) is 31.6 Å². The van der Waals surface area contributed by atoms with Crippen LogP contribution in [0.5, 0.6) is 0 Å². The van der Waals surface area contributed by atoms with E-state index in [0.717, 1.165) is 89.9 Å². The molecule has 0 aromatic carbocycles. The zero-order valence-electron chi connectivity index (χ0n) is 46.0. The van der Waals surface area contributed by atoms with Crippen LogP contribution in [0.4, 0.5) is 0 Å². The number of carbonyl (C=O) groups excluding carboxylic acids is 3. The van der Waals surface area contributed by atoms with E-state index < -0.39 is 12.1 Å². The van der Waals surface area contributed by atoms with E-state index in [9.17, 15) is 14.4 Å². The Hall–Kier alpha value is -3.41. The van der Waals surface area contributed by atoms with Crippen LogP contribution >= 0.6 is 0 Å². The van der Waals surface area contributed by atoms with E-state index in [4.69, 9.17) is 14.2 Å². The van der Waals surface area contributed by atoms with Crippen molar-refractivity contribution in [1.82, 2.24) is 0 Å². The first kappa shape index (κ1) is 66.6. The van der Waals surface area contributed by atoms with Crippen molar-refractivity contribution < 1.29 is 28.6 Å². The number of unbranched alkanes of at least 4 members (excludes halogenated alkanes) is 28. The van der Waals surface area contributed by atoms with Crippen LogP contribution in [-0.2, 0) is 28.6 Å². The van der Waals surface area contributed by atoms with E-state index in [1.807, 2.05) is 12.2 Å². The lowest BCUT2D eigenvalue weighted by molar-refractivity contribution is -0.166. The summed E-state index contributed by atoms with van der Waals surface area (Å²) in [4.78, 5) is 38.0. The minimum atomic E-state index is -0.816. The third-order valence-corrected chi connectivity index (χ3v) is 12.6. The Bertz CT molecular complexity index is 1350. The average molecular weight is 976 g/mol. The van der Waals surface area contributed by atoms with Gasteiger partial charge in [0.15, 0.2) is 6.10 Å². The molecule has 6 nitrogen and oxygen atoms in total. The highest BCUT2D eigenvalue weighted by atomic mass is 16.6. The van der Waals surface area contributed by atoms with Crippen molar-refractivity contribution in [2.45, 2.75) is 290 Å². The molecule has 1 atom stereocenters. The van der Waals surface area contributed by atoms with Crippen molar-refractivity contribution in [1.29, 1.82) is 0 Å². The molecule has 0 saturated carbocycles. The first-order chi connectivity index (χ1) is 34.5. The summed E-state index contributed by atoms with van der Waals surface area (Å²) in [6.07, 6.45) is 76.2. The summed E-state index contributed by atoms with van der Waals surface area (Å²) in [6, 6.07) is 0. The monoisotopic (exact) mass is 975 g/mol. The Morgan fingerprint density at radius 2 is 0.614 bits per heavy atom. The molecule has 0 aromatic heterocycles. The van der Waals surface area contributed by atoms with Gasteiger partial charge < -0.3 is 14.2 Å². The minimum absolute atomic E-state index is 0.106. The molecule has 0 bridgehead atoms. The lowest BCUT2D eigenvalue weighted by atomic mass is 10.0. The second-order valence-electron chi connectivity index (χ2n) is 19.5. The van der Waals surface area contributed by atoms with E-state index in [2.05, 4.69) is 93.7 Å². The molecule has 0 aliphatic carbocycles. The molecular weight excluding hydrogens is 865 g/mol. The molecule has 0 fully saturated rings. The van der Waals surface area contributed by atoms with Gasteiger partial charge in [0, 0.05) is 19.3 Å². The van der Waals surface area contributed by atoms with E-state index in [0.29, 0.717) is 19.3 Å². The number of carbonyl (C=O) groups is 3. The average Bonchev–Trinajstić information content (AvgIpc) is 3.36. The first-order valence-corrected chi connectivity index (χ1v) is 29.6. The SMILES string of the molecule is CC/C=C\C/C=C\C/C=C\C/C=C\CCC(=O)OC(COC(=O)CCCCCCC/C=C\CCC)COC(=O)CCCCCCCCCCCCCCCCCCC/C=C\C/C=C\CCCCCCC. The van der Waals surface area contributed by atoms with Crippen LogP contribution in [0.15, 0.2) is 85.1 Å². The van der Waals surface area contributed by atoms with Gasteiger partial charge in [0.25, 0.3) is 0 Å². The number of esters is 3. The Morgan fingerprint density at radius 1 is 0.300 bits per heavy atom. The molecule has 6 heteroatoms. The molecule has 0 spiro atoms. The van der Waals surface area contributed by atoms with Gasteiger partial charge in [0.2, 0.25) is 0 Å². The molecule has 0 saturated heterocycles. The predicted octanol–water partition coefficient (Wildman–Crippen LogP) is 19.9. The molecule has 0 aliphatic rings.